The third-order valence-corrected chi connectivity index (χ3v) is 4.42. The fraction of sp³-hybridized carbons (Fsp3) is 0.833. The maximum atomic E-state index is 12.0. The quantitative estimate of drug-likeness (QED) is 0.701. The molecule has 16 heavy (non-hydrogen) atoms. The van der Waals surface area contributed by atoms with E-state index in [1.807, 2.05) is 0 Å². The summed E-state index contributed by atoms with van der Waals surface area (Å²) in [7, 11) is 0. The van der Waals surface area contributed by atoms with Gasteiger partial charge in [0.05, 0.1) is 24.0 Å². The van der Waals surface area contributed by atoms with Crippen molar-refractivity contribution in [2.45, 2.75) is 44.1 Å². The smallest absolute Gasteiger partial charge is 0.233 e. The first-order valence-corrected chi connectivity index (χ1v) is 6.18. The van der Waals surface area contributed by atoms with Crippen molar-refractivity contribution in [2.75, 3.05) is 6.61 Å². The van der Waals surface area contributed by atoms with Crippen molar-refractivity contribution in [1.82, 2.24) is 4.90 Å². The van der Waals surface area contributed by atoms with Crippen LogP contribution in [0.4, 0.5) is 0 Å². The third-order valence-electron chi connectivity index (χ3n) is 4.42. The molecular formula is C12H17NO3. The van der Waals surface area contributed by atoms with E-state index in [0.717, 1.165) is 38.5 Å². The maximum Gasteiger partial charge on any atom is 0.233 e. The van der Waals surface area contributed by atoms with Gasteiger partial charge in [-0.2, -0.15) is 0 Å². The zero-order valence-corrected chi connectivity index (χ0v) is 9.32. The number of nitrogens with zero attached hydrogens (tertiary/aromatic N) is 1. The molecule has 0 radical (unpaired) electrons. The largest absolute Gasteiger partial charge is 0.394 e. The molecule has 88 valence electrons. The Labute approximate surface area is 94.6 Å². The zero-order chi connectivity index (χ0) is 11.3. The Morgan fingerprint density at radius 2 is 1.69 bits per heavy atom. The van der Waals surface area contributed by atoms with Crippen LogP contribution in [0.5, 0.6) is 0 Å². The second kappa shape index (κ2) is 3.29. The molecule has 4 heteroatoms. The fourth-order valence-electron chi connectivity index (χ4n) is 3.31. The van der Waals surface area contributed by atoms with Crippen molar-refractivity contribution in [3.63, 3.8) is 0 Å². The molecule has 2 amide bonds. The monoisotopic (exact) mass is 223 g/mol. The molecule has 1 saturated heterocycles. The van der Waals surface area contributed by atoms with Crippen LogP contribution in [0, 0.1) is 11.8 Å². The second-order valence-electron chi connectivity index (χ2n) is 5.40. The molecule has 3 aliphatic rings. The van der Waals surface area contributed by atoms with E-state index in [2.05, 4.69) is 0 Å². The van der Waals surface area contributed by atoms with Crippen molar-refractivity contribution in [2.24, 2.45) is 11.8 Å². The van der Waals surface area contributed by atoms with Crippen LogP contribution in [0.3, 0.4) is 0 Å². The number of hydrogen-bond acceptors (Lipinski definition) is 3. The first-order chi connectivity index (χ1) is 7.69. The normalized spacial score (nSPS) is 36.4. The molecule has 1 aliphatic heterocycles. The van der Waals surface area contributed by atoms with Gasteiger partial charge in [-0.1, -0.05) is 19.3 Å². The molecule has 1 heterocycles. The van der Waals surface area contributed by atoms with Crippen molar-refractivity contribution in [1.29, 1.82) is 0 Å². The van der Waals surface area contributed by atoms with Gasteiger partial charge in [0.25, 0.3) is 0 Å². The number of carbonyl (C=O) groups is 2. The van der Waals surface area contributed by atoms with Gasteiger partial charge in [-0.15, -0.1) is 0 Å². The van der Waals surface area contributed by atoms with Gasteiger partial charge < -0.3 is 5.11 Å². The molecule has 2 saturated carbocycles. The Morgan fingerprint density at radius 3 is 2.19 bits per heavy atom. The molecule has 1 N–H and O–H groups in total. The molecule has 2 atom stereocenters. The molecule has 0 aromatic carbocycles. The summed E-state index contributed by atoms with van der Waals surface area (Å²) in [5.74, 6) is -0.132. The van der Waals surface area contributed by atoms with E-state index in [-0.39, 0.29) is 30.3 Å². The number of aliphatic hydroxyl groups excluding tert-OH is 1. The molecular weight excluding hydrogens is 206 g/mol. The summed E-state index contributed by atoms with van der Waals surface area (Å²) >= 11 is 0. The van der Waals surface area contributed by atoms with E-state index in [0.29, 0.717) is 0 Å². The molecule has 0 spiro atoms. The standard InChI is InChI=1S/C12H17NO3/c14-7-12(4-2-1-3-5-12)13-10(15)8-6-9(8)11(13)16/h8-9,14H,1-7H2. The molecule has 3 rings (SSSR count). The highest BCUT2D eigenvalue weighted by molar-refractivity contribution is 6.09. The molecule has 0 bridgehead atoms. The zero-order valence-electron chi connectivity index (χ0n) is 9.32. The number of rotatable bonds is 2. The summed E-state index contributed by atoms with van der Waals surface area (Å²) in [6, 6.07) is 0. The van der Waals surface area contributed by atoms with Crippen molar-refractivity contribution in [3.8, 4) is 0 Å². The van der Waals surface area contributed by atoms with E-state index in [1.54, 1.807) is 0 Å². The summed E-state index contributed by atoms with van der Waals surface area (Å²) in [5.41, 5.74) is -0.556. The maximum absolute atomic E-state index is 12.0. The predicted octanol–water partition coefficient (Wildman–Crippen LogP) is 0.686. The fourth-order valence-corrected chi connectivity index (χ4v) is 3.31. The van der Waals surface area contributed by atoms with Gasteiger partial charge in [-0.05, 0) is 19.3 Å². The predicted molar refractivity (Wildman–Crippen MR) is 56.4 cm³/mol. The van der Waals surface area contributed by atoms with E-state index in [1.165, 1.54) is 4.90 Å². The second-order valence-corrected chi connectivity index (χ2v) is 5.40. The number of imide groups is 1. The number of amides is 2. The Balaban J connectivity index is 1.89. The average Bonchev–Trinajstić information content (AvgIpc) is 3.05. The number of likely N-dealkylation sites (tertiary alicyclic amines) is 1. The molecule has 2 unspecified atom stereocenters. The molecule has 0 aromatic heterocycles. The van der Waals surface area contributed by atoms with Crippen LogP contribution >= 0.6 is 0 Å². The summed E-state index contributed by atoms with van der Waals surface area (Å²) in [6.45, 7) is -0.0656. The van der Waals surface area contributed by atoms with Crippen LogP contribution < -0.4 is 0 Å². The van der Waals surface area contributed by atoms with Gasteiger partial charge in [0.1, 0.15) is 0 Å². The minimum Gasteiger partial charge on any atom is -0.394 e. The Kier molecular flexibility index (Phi) is 2.11. The van der Waals surface area contributed by atoms with Gasteiger partial charge in [-0.25, -0.2) is 0 Å². The van der Waals surface area contributed by atoms with Crippen molar-refractivity contribution < 1.29 is 14.7 Å². The van der Waals surface area contributed by atoms with Crippen LogP contribution in [0.2, 0.25) is 0 Å². The summed E-state index contributed by atoms with van der Waals surface area (Å²) in [5, 5.41) is 9.59. The number of aliphatic hydroxyl groups is 1. The number of hydrogen-bond donors (Lipinski definition) is 1. The average molecular weight is 223 g/mol. The van der Waals surface area contributed by atoms with Gasteiger partial charge in [0, 0.05) is 0 Å². The lowest BCUT2D eigenvalue weighted by Gasteiger charge is -2.42. The van der Waals surface area contributed by atoms with Crippen LogP contribution in [0.1, 0.15) is 38.5 Å². The van der Waals surface area contributed by atoms with E-state index in [9.17, 15) is 14.7 Å². The Hall–Kier alpha value is -0.900. The van der Waals surface area contributed by atoms with Crippen LogP contribution in [-0.4, -0.2) is 34.0 Å². The van der Waals surface area contributed by atoms with Crippen LogP contribution in [0.25, 0.3) is 0 Å². The third kappa shape index (κ3) is 1.19. The Morgan fingerprint density at radius 1 is 1.12 bits per heavy atom. The highest BCUT2D eigenvalue weighted by Crippen LogP contribution is 2.51. The van der Waals surface area contributed by atoms with Crippen LogP contribution in [0.15, 0.2) is 0 Å². The van der Waals surface area contributed by atoms with Gasteiger partial charge in [0.2, 0.25) is 11.8 Å². The minimum absolute atomic E-state index is 0.0223. The lowest BCUT2D eigenvalue weighted by Crippen LogP contribution is -2.56. The highest BCUT2D eigenvalue weighted by atomic mass is 16.3. The topological polar surface area (TPSA) is 57.6 Å². The van der Waals surface area contributed by atoms with Crippen molar-refractivity contribution >= 4 is 11.8 Å². The summed E-state index contributed by atoms with van der Waals surface area (Å²) in [4.78, 5) is 25.5. The van der Waals surface area contributed by atoms with E-state index in [4.69, 9.17) is 0 Å². The first kappa shape index (κ1) is 10.3. The van der Waals surface area contributed by atoms with E-state index < -0.39 is 5.54 Å². The van der Waals surface area contributed by atoms with Crippen LogP contribution in [-0.2, 0) is 9.59 Å². The van der Waals surface area contributed by atoms with E-state index >= 15 is 0 Å². The number of fused-ring (bicyclic) bond motifs is 1. The lowest BCUT2D eigenvalue weighted by atomic mass is 9.80. The highest BCUT2D eigenvalue weighted by Gasteiger charge is 2.63. The first-order valence-electron chi connectivity index (χ1n) is 6.18. The number of piperidine rings is 1. The lowest BCUT2D eigenvalue weighted by molar-refractivity contribution is -0.152. The van der Waals surface area contributed by atoms with Gasteiger partial charge >= 0.3 is 0 Å². The Bertz CT molecular complexity index is 326. The van der Waals surface area contributed by atoms with Gasteiger partial charge in [-0.3, -0.25) is 14.5 Å². The SMILES string of the molecule is O=C1C2CC2C(=O)N1C1(CO)CCCCC1. The summed E-state index contributed by atoms with van der Waals surface area (Å²) < 4.78 is 0. The molecule has 3 fully saturated rings. The van der Waals surface area contributed by atoms with Gasteiger partial charge in [0.15, 0.2) is 0 Å². The minimum atomic E-state index is -0.556. The number of carbonyl (C=O) groups excluding carboxylic acids is 2. The molecule has 0 aromatic rings. The molecule has 2 aliphatic carbocycles. The summed E-state index contributed by atoms with van der Waals surface area (Å²) in [6.07, 6.45) is 5.46. The van der Waals surface area contributed by atoms with Crippen molar-refractivity contribution in [3.05, 3.63) is 0 Å². The molecule has 4 nitrogen and oxygen atoms in total.